The lowest BCUT2D eigenvalue weighted by atomic mass is 10.1. The number of benzene rings is 1. The van der Waals surface area contributed by atoms with Crippen LogP contribution in [0, 0.1) is 0 Å². The van der Waals surface area contributed by atoms with Gasteiger partial charge in [0.05, 0.1) is 12.3 Å². The number of carbonyl (C=O) groups is 1. The number of β-amino-alcohol motifs (C(OH)–C–C–N with tert-alkyl or cyclic N) is 1. The van der Waals surface area contributed by atoms with E-state index >= 15 is 0 Å². The molecule has 3 aromatic rings. The van der Waals surface area contributed by atoms with Crippen LogP contribution in [0.4, 0.5) is 11.6 Å². The molecule has 0 aliphatic carbocycles. The minimum Gasteiger partial charge on any atom is -0.395 e. The number of hydrogen-bond donors (Lipinski definition) is 1. The first kappa shape index (κ1) is 22.3. The van der Waals surface area contributed by atoms with E-state index < -0.39 is 0 Å². The van der Waals surface area contributed by atoms with E-state index in [0.717, 1.165) is 63.1 Å². The quantitative estimate of drug-likeness (QED) is 0.573. The Balaban J connectivity index is 1.16. The van der Waals surface area contributed by atoms with Crippen molar-refractivity contribution in [3.63, 3.8) is 0 Å². The molecule has 0 unspecified atom stereocenters. The fraction of sp³-hybridized carbons (Fsp3) is 0.417. The maximum Gasteiger partial charge on any atom is 0.254 e. The van der Waals surface area contributed by atoms with Gasteiger partial charge in [0.2, 0.25) is 0 Å². The third-order valence-electron chi connectivity index (χ3n) is 6.50. The van der Waals surface area contributed by atoms with Gasteiger partial charge in [0.15, 0.2) is 11.6 Å². The van der Waals surface area contributed by atoms with Crippen molar-refractivity contribution in [2.75, 3.05) is 75.3 Å². The van der Waals surface area contributed by atoms with Crippen molar-refractivity contribution in [3.8, 4) is 5.69 Å². The summed E-state index contributed by atoms with van der Waals surface area (Å²) < 4.78 is 1.76. The van der Waals surface area contributed by atoms with Crippen LogP contribution in [0.25, 0.3) is 5.69 Å². The third-order valence-corrected chi connectivity index (χ3v) is 6.50. The van der Waals surface area contributed by atoms with Crippen LogP contribution in [0.15, 0.2) is 54.9 Å². The Bertz CT molecular complexity index is 1070. The Morgan fingerprint density at radius 2 is 1.53 bits per heavy atom. The molecule has 2 aliphatic rings. The first-order valence-corrected chi connectivity index (χ1v) is 11.8. The average Bonchev–Trinajstić information content (AvgIpc) is 3.45. The van der Waals surface area contributed by atoms with Gasteiger partial charge in [-0.25, -0.2) is 4.68 Å². The van der Waals surface area contributed by atoms with Crippen LogP contribution in [-0.4, -0.2) is 106 Å². The lowest BCUT2D eigenvalue weighted by molar-refractivity contribution is 0.0746. The minimum atomic E-state index is 0.0374. The van der Waals surface area contributed by atoms with Crippen molar-refractivity contribution < 1.29 is 9.90 Å². The predicted octanol–water partition coefficient (Wildman–Crippen LogP) is 0.739. The SMILES string of the molecule is O=C(c1cccc(-n2cccn2)c1)N1CCN(c2ccc(N3CCN(CCO)CC3)nn2)CC1. The first-order valence-electron chi connectivity index (χ1n) is 11.8. The normalized spacial score (nSPS) is 17.3. The Kier molecular flexibility index (Phi) is 6.68. The summed E-state index contributed by atoms with van der Waals surface area (Å²) in [6.45, 7) is 7.26. The van der Waals surface area contributed by atoms with Gasteiger partial charge in [-0.15, -0.1) is 10.2 Å². The van der Waals surface area contributed by atoms with Crippen molar-refractivity contribution in [3.05, 3.63) is 60.4 Å². The van der Waals surface area contributed by atoms with E-state index in [4.69, 9.17) is 5.11 Å². The summed E-state index contributed by atoms with van der Waals surface area (Å²) in [6.07, 6.45) is 3.59. The molecule has 0 saturated carbocycles. The fourth-order valence-electron chi connectivity index (χ4n) is 4.52. The van der Waals surface area contributed by atoms with E-state index in [9.17, 15) is 4.79 Å². The summed E-state index contributed by atoms with van der Waals surface area (Å²) in [5.41, 5.74) is 1.55. The van der Waals surface area contributed by atoms with Gasteiger partial charge >= 0.3 is 0 Å². The molecule has 0 atom stereocenters. The van der Waals surface area contributed by atoms with Crippen molar-refractivity contribution in [2.24, 2.45) is 0 Å². The molecule has 1 aromatic carbocycles. The second-order valence-corrected chi connectivity index (χ2v) is 8.58. The zero-order valence-corrected chi connectivity index (χ0v) is 19.2. The molecule has 1 N–H and O–H groups in total. The van der Waals surface area contributed by atoms with Crippen LogP contribution in [0.2, 0.25) is 0 Å². The Labute approximate surface area is 199 Å². The van der Waals surface area contributed by atoms with Gasteiger partial charge in [-0.3, -0.25) is 9.69 Å². The highest BCUT2D eigenvalue weighted by Crippen LogP contribution is 2.19. The summed E-state index contributed by atoms with van der Waals surface area (Å²) in [6, 6.07) is 13.5. The number of nitrogens with zero attached hydrogens (tertiary/aromatic N) is 8. The van der Waals surface area contributed by atoms with E-state index in [2.05, 4.69) is 30.0 Å². The molecule has 10 nitrogen and oxygen atoms in total. The van der Waals surface area contributed by atoms with Crippen LogP contribution in [0.5, 0.6) is 0 Å². The van der Waals surface area contributed by atoms with Gasteiger partial charge in [0.25, 0.3) is 5.91 Å². The summed E-state index contributed by atoms with van der Waals surface area (Å²) >= 11 is 0. The third kappa shape index (κ3) is 4.87. The smallest absolute Gasteiger partial charge is 0.254 e. The Morgan fingerprint density at radius 3 is 2.12 bits per heavy atom. The fourth-order valence-corrected chi connectivity index (χ4v) is 4.52. The number of anilines is 2. The standard InChI is InChI=1S/C24H30N8O2/c33-18-17-28-9-11-29(12-10-28)22-5-6-23(27-26-22)30-13-15-31(16-14-30)24(34)20-3-1-4-21(19-20)32-8-2-7-25-32/h1-8,19,33H,9-18H2. The van der Waals surface area contributed by atoms with Crippen LogP contribution >= 0.6 is 0 Å². The topological polar surface area (TPSA) is 93.9 Å². The van der Waals surface area contributed by atoms with E-state index in [1.165, 1.54) is 0 Å². The molecule has 2 saturated heterocycles. The first-order chi connectivity index (χ1) is 16.7. The molecule has 0 radical (unpaired) electrons. The van der Waals surface area contributed by atoms with Gasteiger partial charge in [-0.1, -0.05) is 6.07 Å². The largest absolute Gasteiger partial charge is 0.395 e. The molecule has 4 heterocycles. The van der Waals surface area contributed by atoms with E-state index in [1.54, 1.807) is 10.9 Å². The van der Waals surface area contributed by atoms with Gasteiger partial charge in [0, 0.05) is 76.9 Å². The molecule has 0 bridgehead atoms. The Morgan fingerprint density at radius 1 is 0.853 bits per heavy atom. The molecule has 5 rings (SSSR count). The average molecular weight is 463 g/mol. The number of rotatable bonds is 6. The summed E-state index contributed by atoms with van der Waals surface area (Å²) in [5.74, 6) is 1.77. The van der Waals surface area contributed by atoms with E-state index in [0.29, 0.717) is 18.7 Å². The number of piperazine rings is 2. The molecule has 2 fully saturated rings. The van der Waals surface area contributed by atoms with Crippen molar-refractivity contribution in [1.29, 1.82) is 0 Å². The van der Waals surface area contributed by atoms with Crippen molar-refractivity contribution in [1.82, 2.24) is 29.8 Å². The van der Waals surface area contributed by atoms with Gasteiger partial charge in [-0.2, -0.15) is 5.10 Å². The summed E-state index contributed by atoms with van der Waals surface area (Å²) in [5, 5.41) is 22.3. The second-order valence-electron chi connectivity index (χ2n) is 8.58. The van der Waals surface area contributed by atoms with Crippen LogP contribution in [0.3, 0.4) is 0 Å². The van der Waals surface area contributed by atoms with Crippen LogP contribution in [-0.2, 0) is 0 Å². The molecule has 10 heteroatoms. The number of aliphatic hydroxyl groups excluding tert-OH is 1. The molecule has 34 heavy (non-hydrogen) atoms. The highest BCUT2D eigenvalue weighted by atomic mass is 16.3. The maximum absolute atomic E-state index is 13.1. The zero-order chi connectivity index (χ0) is 23.3. The minimum absolute atomic E-state index is 0.0374. The van der Waals surface area contributed by atoms with Crippen molar-refractivity contribution in [2.45, 2.75) is 0 Å². The highest BCUT2D eigenvalue weighted by Gasteiger charge is 2.24. The van der Waals surface area contributed by atoms with Gasteiger partial charge < -0.3 is 19.8 Å². The number of amides is 1. The zero-order valence-electron chi connectivity index (χ0n) is 19.2. The number of aliphatic hydroxyl groups is 1. The number of hydrogen-bond acceptors (Lipinski definition) is 8. The molecule has 1 amide bonds. The molecular weight excluding hydrogens is 432 g/mol. The molecule has 2 aromatic heterocycles. The van der Waals surface area contributed by atoms with Crippen LogP contribution in [0.1, 0.15) is 10.4 Å². The van der Waals surface area contributed by atoms with Crippen LogP contribution < -0.4 is 9.80 Å². The predicted molar refractivity (Wildman–Crippen MR) is 129 cm³/mol. The summed E-state index contributed by atoms with van der Waals surface area (Å²) in [7, 11) is 0. The number of aromatic nitrogens is 4. The number of carbonyl (C=O) groups excluding carboxylic acids is 1. The molecule has 178 valence electrons. The Hall–Kier alpha value is -3.50. The van der Waals surface area contributed by atoms with E-state index in [-0.39, 0.29) is 12.5 Å². The van der Waals surface area contributed by atoms with Gasteiger partial charge in [-0.05, 0) is 36.4 Å². The molecule has 0 spiro atoms. The monoisotopic (exact) mass is 462 g/mol. The lowest BCUT2D eigenvalue weighted by Gasteiger charge is -2.36. The van der Waals surface area contributed by atoms with Gasteiger partial charge in [0.1, 0.15) is 0 Å². The highest BCUT2D eigenvalue weighted by molar-refractivity contribution is 5.95. The van der Waals surface area contributed by atoms with Crippen molar-refractivity contribution >= 4 is 17.5 Å². The molecular formula is C24H30N8O2. The molecule has 2 aliphatic heterocycles. The summed E-state index contributed by atoms with van der Waals surface area (Å²) in [4.78, 5) is 21.6. The van der Waals surface area contributed by atoms with E-state index in [1.807, 2.05) is 53.6 Å². The second kappa shape index (κ2) is 10.2. The maximum atomic E-state index is 13.1. The lowest BCUT2D eigenvalue weighted by Crippen LogP contribution is -2.49.